The van der Waals surface area contributed by atoms with Crippen LogP contribution < -0.4 is 0 Å². The Hall–Kier alpha value is -2.60. The lowest BCUT2D eigenvalue weighted by Crippen LogP contribution is -2.15. The Balaban J connectivity index is 1.99. The molecule has 1 aliphatic rings. The SMILES string of the molecule is CCOC(=O)c1c(C2CC2)nc2ccc(Cl)cc2c1Cc1ccccc1C(F)(F)F. The van der Waals surface area contributed by atoms with Gasteiger partial charge in [0.05, 0.1) is 28.9 Å². The number of benzene rings is 2. The van der Waals surface area contributed by atoms with Crippen molar-refractivity contribution in [1.29, 1.82) is 0 Å². The van der Waals surface area contributed by atoms with Crippen molar-refractivity contribution in [3.05, 3.63) is 75.4 Å². The maximum absolute atomic E-state index is 13.6. The molecule has 1 aliphatic carbocycles. The van der Waals surface area contributed by atoms with Crippen LogP contribution in [0.2, 0.25) is 5.02 Å². The summed E-state index contributed by atoms with van der Waals surface area (Å²) in [6.07, 6.45) is -2.81. The number of nitrogens with zero attached hydrogens (tertiary/aromatic N) is 1. The van der Waals surface area contributed by atoms with E-state index in [9.17, 15) is 18.0 Å². The Morgan fingerprint density at radius 1 is 1.20 bits per heavy atom. The first-order chi connectivity index (χ1) is 14.3. The summed E-state index contributed by atoms with van der Waals surface area (Å²) in [6, 6.07) is 10.5. The second kappa shape index (κ2) is 7.91. The number of pyridine rings is 1. The van der Waals surface area contributed by atoms with Gasteiger partial charge < -0.3 is 4.74 Å². The van der Waals surface area contributed by atoms with E-state index in [1.807, 2.05) is 0 Å². The molecule has 0 atom stereocenters. The van der Waals surface area contributed by atoms with Gasteiger partial charge in [-0.05, 0) is 61.6 Å². The van der Waals surface area contributed by atoms with Crippen LogP contribution in [-0.2, 0) is 17.3 Å². The number of carbonyl (C=O) groups is 1. The molecule has 156 valence electrons. The largest absolute Gasteiger partial charge is 0.462 e. The average Bonchev–Trinajstić information content (AvgIpc) is 3.53. The number of aromatic nitrogens is 1. The van der Waals surface area contributed by atoms with Crippen molar-refractivity contribution < 1.29 is 22.7 Å². The third kappa shape index (κ3) is 4.01. The third-order valence-corrected chi connectivity index (χ3v) is 5.45. The Morgan fingerprint density at radius 3 is 2.60 bits per heavy atom. The minimum absolute atomic E-state index is 0.0804. The molecule has 0 saturated heterocycles. The first-order valence-electron chi connectivity index (χ1n) is 9.73. The van der Waals surface area contributed by atoms with Gasteiger partial charge in [-0.3, -0.25) is 4.98 Å². The quantitative estimate of drug-likeness (QED) is 0.428. The molecular formula is C23H19ClF3NO2. The van der Waals surface area contributed by atoms with E-state index in [0.29, 0.717) is 27.2 Å². The average molecular weight is 434 g/mol. The van der Waals surface area contributed by atoms with Gasteiger partial charge in [0.25, 0.3) is 0 Å². The molecule has 1 fully saturated rings. The summed E-state index contributed by atoms with van der Waals surface area (Å²) in [5, 5.41) is 0.982. The zero-order valence-electron chi connectivity index (χ0n) is 16.2. The molecule has 3 aromatic rings. The van der Waals surface area contributed by atoms with E-state index in [1.165, 1.54) is 12.1 Å². The number of ether oxygens (including phenoxy) is 1. The Bertz CT molecular complexity index is 1120. The lowest BCUT2D eigenvalue weighted by Gasteiger charge is -2.18. The highest BCUT2D eigenvalue weighted by Crippen LogP contribution is 2.44. The van der Waals surface area contributed by atoms with Gasteiger partial charge in [0.1, 0.15) is 0 Å². The highest BCUT2D eigenvalue weighted by molar-refractivity contribution is 6.31. The zero-order valence-corrected chi connectivity index (χ0v) is 17.0. The molecule has 1 saturated carbocycles. The van der Waals surface area contributed by atoms with Crippen LogP contribution in [0.5, 0.6) is 0 Å². The van der Waals surface area contributed by atoms with Gasteiger partial charge in [-0.2, -0.15) is 13.2 Å². The van der Waals surface area contributed by atoms with E-state index in [4.69, 9.17) is 16.3 Å². The number of hydrogen-bond acceptors (Lipinski definition) is 3. The molecule has 4 rings (SSSR count). The molecule has 0 N–H and O–H groups in total. The number of halogens is 4. The monoisotopic (exact) mass is 433 g/mol. The third-order valence-electron chi connectivity index (χ3n) is 5.22. The van der Waals surface area contributed by atoms with Crippen LogP contribution in [-0.4, -0.2) is 17.6 Å². The van der Waals surface area contributed by atoms with Crippen molar-refractivity contribution in [2.45, 2.75) is 38.3 Å². The smallest absolute Gasteiger partial charge is 0.416 e. The molecule has 1 aromatic heterocycles. The highest BCUT2D eigenvalue weighted by Gasteiger charge is 2.36. The van der Waals surface area contributed by atoms with Gasteiger partial charge in [0, 0.05) is 16.3 Å². The second-order valence-electron chi connectivity index (χ2n) is 7.34. The highest BCUT2D eigenvalue weighted by atomic mass is 35.5. The number of hydrogen-bond donors (Lipinski definition) is 0. The van der Waals surface area contributed by atoms with Crippen LogP contribution in [0.3, 0.4) is 0 Å². The molecule has 30 heavy (non-hydrogen) atoms. The van der Waals surface area contributed by atoms with Gasteiger partial charge in [0.15, 0.2) is 0 Å². The fourth-order valence-electron chi connectivity index (χ4n) is 3.73. The maximum Gasteiger partial charge on any atom is 0.416 e. The number of rotatable bonds is 5. The standard InChI is InChI=1S/C23H19ClF3NO2/c1-2-30-22(29)20-17(11-14-5-3-4-6-18(14)23(25,26)27)16-12-15(24)9-10-19(16)28-21(20)13-7-8-13/h3-6,9-10,12-13H,2,7-8,11H2,1H3. The van der Waals surface area contributed by atoms with Gasteiger partial charge in [0.2, 0.25) is 0 Å². The van der Waals surface area contributed by atoms with Gasteiger partial charge >= 0.3 is 12.1 Å². The molecule has 0 amide bonds. The molecular weight excluding hydrogens is 415 g/mol. The fourth-order valence-corrected chi connectivity index (χ4v) is 3.90. The molecule has 0 bridgehead atoms. The van der Waals surface area contributed by atoms with E-state index in [-0.39, 0.29) is 30.1 Å². The molecule has 0 unspecified atom stereocenters. The number of alkyl halides is 3. The maximum atomic E-state index is 13.6. The number of carbonyl (C=O) groups excluding carboxylic acids is 1. The molecule has 0 radical (unpaired) electrons. The molecule has 3 nitrogen and oxygen atoms in total. The topological polar surface area (TPSA) is 39.2 Å². The lowest BCUT2D eigenvalue weighted by molar-refractivity contribution is -0.138. The van der Waals surface area contributed by atoms with Crippen molar-refractivity contribution in [3.8, 4) is 0 Å². The predicted octanol–water partition coefficient (Wildman–Crippen LogP) is 6.55. The van der Waals surface area contributed by atoms with Crippen LogP contribution >= 0.6 is 11.6 Å². The molecule has 1 heterocycles. The van der Waals surface area contributed by atoms with E-state index in [0.717, 1.165) is 18.9 Å². The van der Waals surface area contributed by atoms with Crippen LogP contribution in [0.25, 0.3) is 10.9 Å². The molecule has 0 spiro atoms. The Kier molecular flexibility index (Phi) is 5.45. The van der Waals surface area contributed by atoms with Gasteiger partial charge in [-0.1, -0.05) is 29.8 Å². The van der Waals surface area contributed by atoms with E-state index in [2.05, 4.69) is 4.98 Å². The number of esters is 1. The second-order valence-corrected chi connectivity index (χ2v) is 7.77. The minimum atomic E-state index is -4.50. The van der Waals surface area contributed by atoms with Crippen LogP contribution in [0.15, 0.2) is 42.5 Å². The van der Waals surface area contributed by atoms with Gasteiger partial charge in [-0.25, -0.2) is 4.79 Å². The molecule has 7 heteroatoms. The Morgan fingerprint density at radius 2 is 1.93 bits per heavy atom. The predicted molar refractivity (Wildman–Crippen MR) is 109 cm³/mol. The first-order valence-corrected chi connectivity index (χ1v) is 10.1. The number of fused-ring (bicyclic) bond motifs is 1. The van der Waals surface area contributed by atoms with Crippen molar-refractivity contribution in [3.63, 3.8) is 0 Å². The molecule has 2 aromatic carbocycles. The van der Waals surface area contributed by atoms with Gasteiger partial charge in [-0.15, -0.1) is 0 Å². The van der Waals surface area contributed by atoms with E-state index in [1.54, 1.807) is 31.2 Å². The summed E-state index contributed by atoms with van der Waals surface area (Å²) >= 11 is 6.18. The van der Waals surface area contributed by atoms with Crippen molar-refractivity contribution >= 4 is 28.5 Å². The summed E-state index contributed by atoms with van der Waals surface area (Å²) < 4.78 is 46.1. The van der Waals surface area contributed by atoms with E-state index < -0.39 is 17.7 Å². The molecule has 0 aliphatic heterocycles. The van der Waals surface area contributed by atoms with Crippen molar-refractivity contribution in [1.82, 2.24) is 4.98 Å². The summed E-state index contributed by atoms with van der Waals surface area (Å²) in [7, 11) is 0. The summed E-state index contributed by atoms with van der Waals surface area (Å²) in [5.41, 5.74) is 1.31. The summed E-state index contributed by atoms with van der Waals surface area (Å²) in [6.45, 7) is 1.85. The van der Waals surface area contributed by atoms with Crippen molar-refractivity contribution in [2.24, 2.45) is 0 Å². The van der Waals surface area contributed by atoms with Crippen LogP contribution in [0.1, 0.15) is 58.4 Å². The zero-order chi connectivity index (χ0) is 21.5. The van der Waals surface area contributed by atoms with Crippen molar-refractivity contribution in [2.75, 3.05) is 6.61 Å². The normalized spacial score (nSPS) is 14.2. The van der Waals surface area contributed by atoms with Crippen LogP contribution in [0.4, 0.5) is 13.2 Å². The lowest BCUT2D eigenvalue weighted by atomic mass is 9.91. The summed E-state index contributed by atoms with van der Waals surface area (Å²) in [4.78, 5) is 17.6. The summed E-state index contributed by atoms with van der Waals surface area (Å²) in [5.74, 6) is -0.450. The fraction of sp³-hybridized carbons (Fsp3) is 0.304. The van der Waals surface area contributed by atoms with Crippen LogP contribution in [0, 0.1) is 0 Å². The first kappa shape index (κ1) is 20.7. The minimum Gasteiger partial charge on any atom is -0.462 e. The Labute approximate surface area is 176 Å². The van der Waals surface area contributed by atoms with E-state index >= 15 is 0 Å².